The summed E-state index contributed by atoms with van der Waals surface area (Å²) in [5.41, 5.74) is 0.280. The SMILES string of the molecule is O=C(O)C(C(=O)O)c1ccccc1.[H-].[H-].[K+].[Li+]. The second kappa shape index (κ2) is 8.53. The van der Waals surface area contributed by atoms with Gasteiger partial charge in [0.25, 0.3) is 0 Å². The molecule has 0 amide bonds. The van der Waals surface area contributed by atoms with E-state index in [0.717, 1.165) is 0 Å². The van der Waals surface area contributed by atoms with Gasteiger partial charge in [-0.05, 0) is 5.56 Å². The minimum atomic E-state index is -1.47. The third kappa shape index (κ3) is 5.32. The Bertz CT molecular complexity index is 323. The molecule has 0 aromatic heterocycles. The molecule has 1 aromatic rings. The second-order valence-corrected chi connectivity index (χ2v) is 2.52. The molecule has 0 heterocycles. The summed E-state index contributed by atoms with van der Waals surface area (Å²) in [6, 6.07) is 7.87. The fourth-order valence-corrected chi connectivity index (χ4v) is 1.04. The van der Waals surface area contributed by atoms with E-state index >= 15 is 0 Å². The van der Waals surface area contributed by atoms with Crippen LogP contribution in [0.2, 0.25) is 0 Å². The Hall–Kier alpha value is 0.394. The number of carbonyl (C=O) groups is 2. The first-order valence-corrected chi connectivity index (χ1v) is 3.63. The summed E-state index contributed by atoms with van der Waals surface area (Å²) in [5, 5.41) is 17.2. The van der Waals surface area contributed by atoms with Crippen molar-refractivity contribution in [3.05, 3.63) is 35.9 Å². The van der Waals surface area contributed by atoms with E-state index in [1.165, 1.54) is 12.1 Å². The van der Waals surface area contributed by atoms with Crippen molar-refractivity contribution >= 4 is 11.9 Å². The average Bonchev–Trinajstić information content (AvgIpc) is 2.04. The topological polar surface area (TPSA) is 74.6 Å². The molecule has 1 rings (SSSR count). The number of benzene rings is 1. The van der Waals surface area contributed by atoms with Crippen LogP contribution in [0.25, 0.3) is 0 Å². The molecule has 0 spiro atoms. The maximum atomic E-state index is 10.6. The molecule has 0 saturated carbocycles. The maximum Gasteiger partial charge on any atom is 1.00 e. The summed E-state index contributed by atoms with van der Waals surface area (Å²) in [4.78, 5) is 21.1. The smallest absolute Gasteiger partial charge is 1.00 e. The molecule has 0 aliphatic carbocycles. The maximum absolute atomic E-state index is 10.6. The number of carboxylic acid groups (broad SMARTS) is 2. The van der Waals surface area contributed by atoms with Crippen LogP contribution >= 0.6 is 0 Å². The molecular formula is C9H10KLiO4. The minimum absolute atomic E-state index is 0. The van der Waals surface area contributed by atoms with Gasteiger partial charge in [-0.1, -0.05) is 30.3 Å². The zero-order chi connectivity index (χ0) is 9.84. The summed E-state index contributed by atoms with van der Waals surface area (Å²) < 4.78 is 0. The Labute approximate surface area is 145 Å². The van der Waals surface area contributed by atoms with Crippen molar-refractivity contribution in [2.24, 2.45) is 0 Å². The quantitative estimate of drug-likeness (QED) is 0.402. The Kier molecular flexibility index (Phi) is 10.1. The fraction of sp³-hybridized carbons (Fsp3) is 0.111. The molecule has 72 valence electrons. The molecule has 0 aliphatic rings. The van der Waals surface area contributed by atoms with Gasteiger partial charge in [0.2, 0.25) is 0 Å². The number of hydrogen-bond donors (Lipinski definition) is 2. The van der Waals surface area contributed by atoms with Crippen molar-refractivity contribution in [2.45, 2.75) is 5.92 Å². The standard InChI is InChI=1S/C9H8O4.K.Li.2H/c10-8(11)7(9(12)13)6-4-2-1-3-5-6;;;;/h1-5,7H,(H,10,11)(H,12,13);;;;/q;2*+1;2*-1. The van der Waals surface area contributed by atoms with E-state index < -0.39 is 17.9 Å². The van der Waals surface area contributed by atoms with Gasteiger partial charge in [-0.25, -0.2) is 0 Å². The summed E-state index contributed by atoms with van der Waals surface area (Å²) >= 11 is 0. The molecule has 15 heavy (non-hydrogen) atoms. The molecule has 0 unspecified atom stereocenters. The number of hydrogen-bond acceptors (Lipinski definition) is 2. The van der Waals surface area contributed by atoms with Gasteiger partial charge < -0.3 is 13.1 Å². The van der Waals surface area contributed by atoms with Crippen molar-refractivity contribution in [3.63, 3.8) is 0 Å². The zero-order valence-corrected chi connectivity index (χ0v) is 11.8. The van der Waals surface area contributed by atoms with Gasteiger partial charge >= 0.3 is 82.2 Å². The Balaban J connectivity index is -0.000000211. The van der Waals surface area contributed by atoms with Crippen molar-refractivity contribution in [3.8, 4) is 0 Å². The summed E-state index contributed by atoms with van der Waals surface area (Å²) in [6.45, 7) is 0. The van der Waals surface area contributed by atoms with Crippen molar-refractivity contribution in [1.29, 1.82) is 0 Å². The van der Waals surface area contributed by atoms with E-state index in [0.29, 0.717) is 0 Å². The second-order valence-electron chi connectivity index (χ2n) is 2.52. The first-order chi connectivity index (χ1) is 6.13. The third-order valence-electron chi connectivity index (χ3n) is 1.63. The van der Waals surface area contributed by atoms with Gasteiger partial charge in [-0.3, -0.25) is 9.59 Å². The third-order valence-corrected chi connectivity index (χ3v) is 1.63. The van der Waals surface area contributed by atoms with Crippen LogP contribution in [0.3, 0.4) is 0 Å². The van der Waals surface area contributed by atoms with E-state index in [1.807, 2.05) is 0 Å². The van der Waals surface area contributed by atoms with Crippen LogP contribution in [0, 0.1) is 0 Å². The number of carboxylic acids is 2. The van der Waals surface area contributed by atoms with Crippen molar-refractivity contribution in [2.75, 3.05) is 0 Å². The monoisotopic (exact) mass is 228 g/mol. The molecule has 0 saturated heterocycles. The molecular weight excluding hydrogens is 218 g/mol. The van der Waals surface area contributed by atoms with Gasteiger partial charge in [-0.15, -0.1) is 0 Å². The molecule has 0 atom stereocenters. The minimum Gasteiger partial charge on any atom is -1.00 e. The fourth-order valence-electron chi connectivity index (χ4n) is 1.04. The van der Waals surface area contributed by atoms with Crippen LogP contribution < -0.4 is 70.2 Å². The van der Waals surface area contributed by atoms with E-state index in [4.69, 9.17) is 10.2 Å². The van der Waals surface area contributed by atoms with Crippen LogP contribution in [-0.2, 0) is 9.59 Å². The Morgan fingerprint density at radius 1 is 1.07 bits per heavy atom. The van der Waals surface area contributed by atoms with Gasteiger partial charge in [0.15, 0.2) is 5.92 Å². The van der Waals surface area contributed by atoms with Crippen LogP contribution in [0.15, 0.2) is 30.3 Å². The number of rotatable bonds is 3. The number of aliphatic carboxylic acids is 2. The molecule has 0 aliphatic heterocycles. The van der Waals surface area contributed by atoms with E-state index in [-0.39, 0.29) is 78.7 Å². The normalized spacial score (nSPS) is 8.60. The van der Waals surface area contributed by atoms with Crippen LogP contribution in [0.5, 0.6) is 0 Å². The predicted octanol–water partition coefficient (Wildman–Crippen LogP) is -4.83. The van der Waals surface area contributed by atoms with Gasteiger partial charge in [0, 0.05) is 0 Å². The van der Waals surface area contributed by atoms with E-state index in [1.54, 1.807) is 18.2 Å². The largest absolute Gasteiger partial charge is 1.00 e. The molecule has 1 aromatic carbocycles. The van der Waals surface area contributed by atoms with E-state index in [2.05, 4.69) is 0 Å². The van der Waals surface area contributed by atoms with Crippen molar-refractivity contribution in [1.82, 2.24) is 0 Å². The summed E-state index contributed by atoms with van der Waals surface area (Å²) in [5.74, 6) is -4.17. The zero-order valence-electron chi connectivity index (χ0n) is 10.7. The Morgan fingerprint density at radius 2 is 1.47 bits per heavy atom. The van der Waals surface area contributed by atoms with Crippen LogP contribution in [-0.4, -0.2) is 22.2 Å². The first kappa shape index (κ1) is 17.8. The van der Waals surface area contributed by atoms with Gasteiger partial charge in [-0.2, -0.15) is 0 Å². The predicted molar refractivity (Wildman–Crippen MR) is 46.7 cm³/mol. The van der Waals surface area contributed by atoms with E-state index in [9.17, 15) is 9.59 Å². The molecule has 2 N–H and O–H groups in total. The first-order valence-electron chi connectivity index (χ1n) is 3.63. The summed E-state index contributed by atoms with van der Waals surface area (Å²) in [6.07, 6.45) is 0. The van der Waals surface area contributed by atoms with Crippen LogP contribution in [0.4, 0.5) is 0 Å². The molecule has 0 bridgehead atoms. The Morgan fingerprint density at radius 3 is 1.80 bits per heavy atom. The van der Waals surface area contributed by atoms with Gasteiger partial charge in [0.1, 0.15) is 0 Å². The van der Waals surface area contributed by atoms with Crippen LogP contribution in [0.1, 0.15) is 14.3 Å². The molecule has 6 heteroatoms. The summed E-state index contributed by atoms with van der Waals surface area (Å²) in [7, 11) is 0. The molecule has 4 nitrogen and oxygen atoms in total. The molecule has 0 radical (unpaired) electrons. The average molecular weight is 228 g/mol. The van der Waals surface area contributed by atoms with Gasteiger partial charge in [0.05, 0.1) is 0 Å². The van der Waals surface area contributed by atoms with Crippen molar-refractivity contribution < 1.29 is 92.9 Å². The molecule has 0 fully saturated rings.